The van der Waals surface area contributed by atoms with E-state index in [0.29, 0.717) is 0 Å². The van der Waals surface area contributed by atoms with Crippen LogP contribution in [0.15, 0.2) is 66.0 Å². The van der Waals surface area contributed by atoms with Crippen LogP contribution in [-0.2, 0) is 6.42 Å². The second-order valence-electron chi connectivity index (χ2n) is 5.28. The van der Waals surface area contributed by atoms with Gasteiger partial charge in [-0.25, -0.2) is 0 Å². The van der Waals surface area contributed by atoms with Crippen molar-refractivity contribution in [2.24, 2.45) is 0 Å². The topological polar surface area (TPSA) is 0 Å². The summed E-state index contributed by atoms with van der Waals surface area (Å²) >= 11 is 1.91. The summed E-state index contributed by atoms with van der Waals surface area (Å²) in [5, 5.41) is 2.32. The van der Waals surface area contributed by atoms with Gasteiger partial charge in [0.2, 0.25) is 0 Å². The zero-order valence-corrected chi connectivity index (χ0v) is 13.2. The van der Waals surface area contributed by atoms with Gasteiger partial charge in [-0.1, -0.05) is 74.0 Å². The van der Waals surface area contributed by atoms with E-state index in [1.807, 2.05) is 11.3 Å². The molecule has 2 aromatic carbocycles. The minimum absolute atomic E-state index is 1.18. The molecule has 0 spiro atoms. The summed E-state index contributed by atoms with van der Waals surface area (Å²) in [6.45, 7) is 2.26. The van der Waals surface area contributed by atoms with Gasteiger partial charge >= 0.3 is 0 Å². The summed E-state index contributed by atoms with van der Waals surface area (Å²) in [7, 11) is 0. The summed E-state index contributed by atoms with van der Waals surface area (Å²) in [5.74, 6) is 0. The van der Waals surface area contributed by atoms with Crippen LogP contribution in [0.1, 0.15) is 24.6 Å². The van der Waals surface area contributed by atoms with Crippen LogP contribution in [0.4, 0.5) is 0 Å². The van der Waals surface area contributed by atoms with Crippen molar-refractivity contribution in [3.8, 4) is 22.3 Å². The molecular formula is C20H20S. The number of unbranched alkanes of at least 4 members (excludes halogenated alkanes) is 1. The molecule has 0 fully saturated rings. The van der Waals surface area contributed by atoms with Gasteiger partial charge < -0.3 is 0 Å². The molecule has 21 heavy (non-hydrogen) atoms. The first kappa shape index (κ1) is 14.1. The minimum atomic E-state index is 1.18. The summed E-state index contributed by atoms with van der Waals surface area (Å²) in [6, 6.07) is 21.5. The van der Waals surface area contributed by atoms with Crippen molar-refractivity contribution in [2.75, 3.05) is 0 Å². The van der Waals surface area contributed by atoms with E-state index in [1.54, 1.807) is 0 Å². The highest BCUT2D eigenvalue weighted by atomic mass is 32.1. The lowest BCUT2D eigenvalue weighted by atomic mass is 9.95. The van der Waals surface area contributed by atoms with Gasteiger partial charge in [0.1, 0.15) is 0 Å². The average Bonchev–Trinajstić information content (AvgIpc) is 2.98. The molecule has 0 nitrogen and oxygen atoms in total. The van der Waals surface area contributed by atoms with E-state index in [4.69, 9.17) is 0 Å². The van der Waals surface area contributed by atoms with Crippen molar-refractivity contribution in [2.45, 2.75) is 26.2 Å². The number of hydrogen-bond acceptors (Lipinski definition) is 1. The predicted octanol–water partition coefficient (Wildman–Crippen LogP) is 6.42. The molecule has 0 atom stereocenters. The fourth-order valence-corrected chi connectivity index (χ4v) is 3.79. The molecule has 3 aromatic rings. The van der Waals surface area contributed by atoms with E-state index in [2.05, 4.69) is 73.0 Å². The SMILES string of the molecule is CCCCc1scc(-c2ccccc2)c1-c1ccccc1. The van der Waals surface area contributed by atoms with Crippen molar-refractivity contribution in [1.29, 1.82) is 0 Å². The Hall–Kier alpha value is -1.86. The van der Waals surface area contributed by atoms with Gasteiger partial charge in [-0.05, 0) is 29.3 Å². The third kappa shape index (κ3) is 3.08. The summed E-state index contributed by atoms with van der Waals surface area (Å²) < 4.78 is 0. The van der Waals surface area contributed by atoms with Crippen LogP contribution in [0, 0.1) is 0 Å². The zero-order chi connectivity index (χ0) is 14.5. The maximum Gasteiger partial charge on any atom is 0.0130 e. The van der Waals surface area contributed by atoms with Crippen LogP contribution >= 0.6 is 11.3 Å². The molecule has 0 amide bonds. The Balaban J connectivity index is 2.11. The standard InChI is InChI=1S/C20H20S/c1-2-3-14-19-20(17-12-8-5-9-13-17)18(15-21-19)16-10-6-4-7-11-16/h4-13,15H,2-3,14H2,1H3. The molecule has 1 heterocycles. The Labute approximate surface area is 131 Å². The van der Waals surface area contributed by atoms with Gasteiger partial charge in [0, 0.05) is 16.0 Å². The molecule has 0 bridgehead atoms. The Bertz CT molecular complexity index is 680. The summed E-state index contributed by atoms with van der Waals surface area (Å²) in [4.78, 5) is 1.52. The van der Waals surface area contributed by atoms with E-state index in [0.717, 1.165) is 0 Å². The van der Waals surface area contributed by atoms with E-state index in [9.17, 15) is 0 Å². The fraction of sp³-hybridized carbons (Fsp3) is 0.200. The van der Waals surface area contributed by atoms with Crippen molar-refractivity contribution in [3.63, 3.8) is 0 Å². The molecule has 3 rings (SSSR count). The van der Waals surface area contributed by atoms with Crippen LogP contribution in [-0.4, -0.2) is 0 Å². The van der Waals surface area contributed by atoms with Crippen LogP contribution in [0.5, 0.6) is 0 Å². The van der Waals surface area contributed by atoms with Crippen molar-refractivity contribution < 1.29 is 0 Å². The molecule has 0 aliphatic rings. The van der Waals surface area contributed by atoms with Gasteiger partial charge in [0.05, 0.1) is 0 Å². The lowest BCUT2D eigenvalue weighted by Crippen LogP contribution is -1.87. The first-order valence-electron chi connectivity index (χ1n) is 7.61. The second-order valence-corrected chi connectivity index (χ2v) is 6.25. The number of benzene rings is 2. The fourth-order valence-electron chi connectivity index (χ4n) is 2.67. The first-order chi connectivity index (χ1) is 10.4. The molecular weight excluding hydrogens is 272 g/mol. The number of thiophene rings is 1. The van der Waals surface area contributed by atoms with Gasteiger partial charge in [-0.2, -0.15) is 0 Å². The van der Waals surface area contributed by atoms with E-state index >= 15 is 0 Å². The highest BCUT2D eigenvalue weighted by molar-refractivity contribution is 7.11. The first-order valence-corrected chi connectivity index (χ1v) is 8.49. The lowest BCUT2D eigenvalue weighted by Gasteiger charge is -2.08. The monoisotopic (exact) mass is 292 g/mol. The number of aryl methyl sites for hydroxylation is 1. The van der Waals surface area contributed by atoms with Crippen molar-refractivity contribution in [3.05, 3.63) is 70.9 Å². The van der Waals surface area contributed by atoms with Gasteiger partial charge in [-0.3, -0.25) is 0 Å². The van der Waals surface area contributed by atoms with E-state index in [-0.39, 0.29) is 0 Å². The molecule has 0 radical (unpaired) electrons. The third-order valence-electron chi connectivity index (χ3n) is 3.77. The highest BCUT2D eigenvalue weighted by Gasteiger charge is 2.14. The molecule has 0 saturated carbocycles. The van der Waals surface area contributed by atoms with Crippen molar-refractivity contribution in [1.82, 2.24) is 0 Å². The molecule has 0 N–H and O–H groups in total. The summed E-state index contributed by atoms with van der Waals surface area (Å²) in [6.07, 6.45) is 3.68. The number of hydrogen-bond donors (Lipinski definition) is 0. The van der Waals surface area contributed by atoms with Crippen LogP contribution in [0.3, 0.4) is 0 Å². The molecule has 0 aliphatic heterocycles. The lowest BCUT2D eigenvalue weighted by molar-refractivity contribution is 0.805. The van der Waals surface area contributed by atoms with Crippen LogP contribution < -0.4 is 0 Å². The Morgan fingerprint density at radius 2 is 1.43 bits per heavy atom. The molecule has 106 valence electrons. The largest absolute Gasteiger partial charge is 0.148 e. The zero-order valence-electron chi connectivity index (χ0n) is 12.4. The molecule has 0 saturated heterocycles. The highest BCUT2D eigenvalue weighted by Crippen LogP contribution is 2.39. The Morgan fingerprint density at radius 3 is 2.05 bits per heavy atom. The maximum atomic E-state index is 2.32. The quantitative estimate of drug-likeness (QED) is 0.508. The third-order valence-corrected chi connectivity index (χ3v) is 4.82. The average molecular weight is 292 g/mol. The van der Waals surface area contributed by atoms with Gasteiger partial charge in [-0.15, -0.1) is 11.3 Å². The maximum absolute atomic E-state index is 2.32. The van der Waals surface area contributed by atoms with Gasteiger partial charge in [0.15, 0.2) is 0 Å². The van der Waals surface area contributed by atoms with Gasteiger partial charge in [0.25, 0.3) is 0 Å². The van der Waals surface area contributed by atoms with Crippen molar-refractivity contribution >= 4 is 11.3 Å². The predicted molar refractivity (Wildman–Crippen MR) is 93.8 cm³/mol. The molecule has 0 unspecified atom stereocenters. The van der Waals surface area contributed by atoms with Crippen LogP contribution in [0.2, 0.25) is 0 Å². The van der Waals surface area contributed by atoms with Crippen LogP contribution in [0.25, 0.3) is 22.3 Å². The molecule has 0 aliphatic carbocycles. The Kier molecular flexibility index (Phi) is 4.52. The van der Waals surface area contributed by atoms with E-state index < -0.39 is 0 Å². The normalized spacial score (nSPS) is 10.7. The minimum Gasteiger partial charge on any atom is -0.148 e. The second kappa shape index (κ2) is 6.73. The molecule has 1 heteroatoms. The smallest absolute Gasteiger partial charge is 0.0130 e. The Morgan fingerprint density at radius 1 is 0.810 bits per heavy atom. The number of rotatable bonds is 5. The summed E-state index contributed by atoms with van der Waals surface area (Å²) in [5.41, 5.74) is 5.46. The molecule has 1 aromatic heterocycles. The van der Waals surface area contributed by atoms with E-state index in [1.165, 1.54) is 46.4 Å².